The number of aromatic nitrogens is 1. The van der Waals surface area contributed by atoms with Gasteiger partial charge in [0.1, 0.15) is 18.0 Å². The highest BCUT2D eigenvalue weighted by Gasteiger charge is 2.23. The minimum absolute atomic E-state index is 0.168. The fraction of sp³-hybridized carbons (Fsp3) is 0.316. The van der Waals surface area contributed by atoms with Crippen LogP contribution in [-0.2, 0) is 9.59 Å². The Bertz CT molecular complexity index is 758. The minimum Gasteiger partial charge on any atom is -0.495 e. The number of methoxy groups -OCH3 is 1. The molecule has 7 nitrogen and oxygen atoms in total. The molecule has 0 bridgehead atoms. The van der Waals surface area contributed by atoms with Gasteiger partial charge in [-0.1, -0.05) is 18.2 Å². The van der Waals surface area contributed by atoms with Crippen LogP contribution in [0.15, 0.2) is 48.7 Å². The molecule has 1 saturated heterocycles. The molecule has 3 rings (SSSR count). The molecule has 0 unspecified atom stereocenters. The Morgan fingerprint density at radius 1 is 1.08 bits per heavy atom. The highest BCUT2D eigenvalue weighted by Crippen LogP contribution is 2.23. The summed E-state index contributed by atoms with van der Waals surface area (Å²) < 4.78 is 5.20. The van der Waals surface area contributed by atoms with Gasteiger partial charge >= 0.3 is 0 Å². The molecular weight excluding hydrogens is 332 g/mol. The lowest BCUT2D eigenvalue weighted by Gasteiger charge is -2.35. The first kappa shape index (κ1) is 17.7. The van der Waals surface area contributed by atoms with E-state index in [2.05, 4.69) is 15.2 Å². The predicted octanol–water partition coefficient (Wildman–Crippen LogP) is 1.77. The van der Waals surface area contributed by atoms with Gasteiger partial charge in [-0.2, -0.15) is 0 Å². The van der Waals surface area contributed by atoms with Crippen LogP contribution in [0.2, 0.25) is 0 Å². The SMILES string of the molecule is COc1ccccc1NC(=O)CC(=O)N1CCN(c2ccccn2)CC1. The Balaban J connectivity index is 1.50. The van der Waals surface area contributed by atoms with Crippen LogP contribution < -0.4 is 15.0 Å². The summed E-state index contributed by atoms with van der Waals surface area (Å²) in [6.45, 7) is 2.57. The molecule has 1 aromatic carbocycles. The summed E-state index contributed by atoms with van der Waals surface area (Å²) >= 11 is 0. The summed E-state index contributed by atoms with van der Waals surface area (Å²) in [5.41, 5.74) is 0.563. The molecule has 7 heteroatoms. The summed E-state index contributed by atoms with van der Waals surface area (Å²) in [6, 6.07) is 12.9. The van der Waals surface area contributed by atoms with E-state index in [9.17, 15) is 9.59 Å². The van der Waals surface area contributed by atoms with Crippen LogP contribution in [0.1, 0.15) is 6.42 Å². The number of nitrogens with one attached hydrogen (secondary N) is 1. The van der Waals surface area contributed by atoms with Gasteiger partial charge in [0, 0.05) is 32.4 Å². The number of rotatable bonds is 5. The van der Waals surface area contributed by atoms with Crippen LogP contribution in [-0.4, -0.2) is 55.0 Å². The number of para-hydroxylation sites is 2. The first-order chi connectivity index (χ1) is 12.7. The van der Waals surface area contributed by atoms with E-state index in [0.29, 0.717) is 37.6 Å². The molecule has 0 atom stereocenters. The van der Waals surface area contributed by atoms with Crippen LogP contribution in [0.25, 0.3) is 0 Å². The van der Waals surface area contributed by atoms with Crippen molar-refractivity contribution in [3.8, 4) is 5.75 Å². The van der Waals surface area contributed by atoms with Gasteiger partial charge in [0.15, 0.2) is 0 Å². The van der Waals surface area contributed by atoms with Crippen molar-refractivity contribution < 1.29 is 14.3 Å². The number of nitrogens with zero attached hydrogens (tertiary/aromatic N) is 3. The van der Waals surface area contributed by atoms with Crippen LogP contribution >= 0.6 is 0 Å². The number of carbonyl (C=O) groups excluding carboxylic acids is 2. The van der Waals surface area contributed by atoms with E-state index in [-0.39, 0.29) is 18.2 Å². The molecule has 1 aromatic heterocycles. The fourth-order valence-electron chi connectivity index (χ4n) is 2.92. The lowest BCUT2D eigenvalue weighted by atomic mass is 10.2. The highest BCUT2D eigenvalue weighted by molar-refractivity contribution is 6.04. The van der Waals surface area contributed by atoms with Gasteiger partial charge in [-0.3, -0.25) is 9.59 Å². The Morgan fingerprint density at radius 2 is 1.81 bits per heavy atom. The number of benzene rings is 1. The van der Waals surface area contributed by atoms with Gasteiger partial charge in [0.05, 0.1) is 12.8 Å². The molecule has 2 heterocycles. The van der Waals surface area contributed by atoms with E-state index in [1.54, 1.807) is 29.3 Å². The smallest absolute Gasteiger partial charge is 0.233 e. The number of carbonyl (C=O) groups is 2. The van der Waals surface area contributed by atoms with Crippen LogP contribution in [0.5, 0.6) is 5.75 Å². The van der Waals surface area contributed by atoms with E-state index in [1.165, 1.54) is 7.11 Å². The number of ether oxygens (including phenoxy) is 1. The molecule has 0 aliphatic carbocycles. The van der Waals surface area contributed by atoms with Gasteiger partial charge in [-0.05, 0) is 24.3 Å². The zero-order valence-electron chi connectivity index (χ0n) is 14.7. The second-order valence-corrected chi connectivity index (χ2v) is 5.98. The Morgan fingerprint density at radius 3 is 2.50 bits per heavy atom. The van der Waals surface area contributed by atoms with Gasteiger partial charge in [0.2, 0.25) is 11.8 Å². The number of pyridine rings is 1. The zero-order chi connectivity index (χ0) is 18.4. The maximum atomic E-state index is 12.4. The molecule has 1 aliphatic rings. The number of hydrogen-bond donors (Lipinski definition) is 1. The highest BCUT2D eigenvalue weighted by atomic mass is 16.5. The van der Waals surface area contributed by atoms with E-state index < -0.39 is 0 Å². The van der Waals surface area contributed by atoms with Crippen LogP contribution in [0.3, 0.4) is 0 Å². The third-order valence-electron chi connectivity index (χ3n) is 4.30. The zero-order valence-corrected chi connectivity index (χ0v) is 14.7. The average molecular weight is 354 g/mol. The summed E-state index contributed by atoms with van der Waals surface area (Å²) in [6.07, 6.45) is 1.58. The van der Waals surface area contributed by atoms with Crippen LogP contribution in [0, 0.1) is 0 Å². The number of anilines is 2. The van der Waals surface area contributed by atoms with E-state index >= 15 is 0 Å². The molecule has 1 N–H and O–H groups in total. The Labute approximate surface area is 152 Å². The molecule has 26 heavy (non-hydrogen) atoms. The van der Waals surface area contributed by atoms with Gasteiger partial charge in [-0.15, -0.1) is 0 Å². The maximum Gasteiger partial charge on any atom is 0.233 e. The monoisotopic (exact) mass is 354 g/mol. The number of hydrogen-bond acceptors (Lipinski definition) is 5. The van der Waals surface area contributed by atoms with Crippen molar-refractivity contribution in [2.75, 3.05) is 43.5 Å². The molecular formula is C19H22N4O3. The van der Waals surface area contributed by atoms with Crippen molar-refractivity contribution >= 4 is 23.3 Å². The van der Waals surface area contributed by atoms with Crippen molar-refractivity contribution in [2.45, 2.75) is 6.42 Å². The number of piperazine rings is 1. The first-order valence-corrected chi connectivity index (χ1v) is 8.54. The number of amides is 2. The summed E-state index contributed by atoms with van der Waals surface area (Å²) in [5, 5.41) is 2.73. The lowest BCUT2D eigenvalue weighted by Crippen LogP contribution is -2.49. The summed E-state index contributed by atoms with van der Waals surface area (Å²) in [7, 11) is 1.54. The van der Waals surface area contributed by atoms with Crippen molar-refractivity contribution in [2.24, 2.45) is 0 Å². The minimum atomic E-state index is -0.341. The van der Waals surface area contributed by atoms with Gasteiger partial charge in [0.25, 0.3) is 0 Å². The van der Waals surface area contributed by atoms with E-state index in [0.717, 1.165) is 5.82 Å². The molecule has 0 radical (unpaired) electrons. The topological polar surface area (TPSA) is 74.8 Å². The Hall–Kier alpha value is -3.09. The molecule has 2 amide bonds. The Kier molecular flexibility index (Phi) is 5.68. The maximum absolute atomic E-state index is 12.4. The quantitative estimate of drug-likeness (QED) is 0.829. The van der Waals surface area contributed by atoms with Gasteiger partial charge < -0.3 is 19.9 Å². The summed E-state index contributed by atoms with van der Waals surface area (Å²) in [4.78, 5) is 32.8. The third kappa shape index (κ3) is 4.30. The van der Waals surface area contributed by atoms with Crippen molar-refractivity contribution in [3.63, 3.8) is 0 Å². The molecule has 0 spiro atoms. The van der Waals surface area contributed by atoms with Crippen molar-refractivity contribution in [1.29, 1.82) is 0 Å². The molecule has 2 aromatic rings. The lowest BCUT2D eigenvalue weighted by molar-refractivity contribution is -0.134. The fourth-order valence-corrected chi connectivity index (χ4v) is 2.92. The third-order valence-corrected chi connectivity index (χ3v) is 4.30. The van der Waals surface area contributed by atoms with Crippen molar-refractivity contribution in [3.05, 3.63) is 48.7 Å². The van der Waals surface area contributed by atoms with Crippen molar-refractivity contribution in [1.82, 2.24) is 9.88 Å². The summed E-state index contributed by atoms with van der Waals surface area (Å²) in [5.74, 6) is 0.968. The first-order valence-electron chi connectivity index (χ1n) is 8.54. The van der Waals surface area contributed by atoms with Gasteiger partial charge in [-0.25, -0.2) is 4.98 Å². The molecule has 136 valence electrons. The average Bonchev–Trinajstić information content (AvgIpc) is 2.69. The second-order valence-electron chi connectivity index (χ2n) is 5.98. The molecule has 1 fully saturated rings. The van der Waals surface area contributed by atoms with E-state index in [1.807, 2.05) is 24.3 Å². The second kappa shape index (κ2) is 8.33. The van der Waals surface area contributed by atoms with Crippen LogP contribution in [0.4, 0.5) is 11.5 Å². The van der Waals surface area contributed by atoms with E-state index in [4.69, 9.17) is 4.74 Å². The predicted molar refractivity (Wildman–Crippen MR) is 99.3 cm³/mol. The normalized spacial score (nSPS) is 14.0. The largest absolute Gasteiger partial charge is 0.495 e. The standard InChI is InChI=1S/C19H22N4O3/c1-26-16-7-3-2-6-15(16)21-18(24)14-19(25)23-12-10-22(11-13-23)17-8-4-5-9-20-17/h2-9H,10-14H2,1H3,(H,21,24). The molecule has 0 saturated carbocycles. The molecule has 1 aliphatic heterocycles.